The molecule has 0 radical (unpaired) electrons. The zero-order chi connectivity index (χ0) is 22.2. The third-order valence-electron chi connectivity index (χ3n) is 4.84. The lowest BCUT2D eigenvalue weighted by atomic mass is 10.1. The van der Waals surface area contributed by atoms with Crippen molar-refractivity contribution in [3.05, 3.63) is 45.0 Å². The summed E-state index contributed by atoms with van der Waals surface area (Å²) in [5, 5.41) is 4.88. The van der Waals surface area contributed by atoms with Gasteiger partial charge in [-0.25, -0.2) is 9.97 Å². The van der Waals surface area contributed by atoms with Crippen LogP contribution in [-0.2, 0) is 22.5 Å². The molecule has 1 N–H and O–H groups in total. The number of unbranched alkanes of at least 4 members (excludes halogenated alkanes) is 3. The number of benzene rings is 1. The monoisotopic (exact) mass is 481 g/mol. The number of anilines is 1. The number of halogens is 2. The number of carbonyl (C=O) groups is 1. The topological polar surface area (TPSA) is 73.3 Å². The first-order valence-corrected chi connectivity index (χ1v) is 11.7. The first kappa shape index (κ1) is 23.6. The molecule has 6 nitrogen and oxygen atoms in total. The first-order valence-electron chi connectivity index (χ1n) is 10.1. The summed E-state index contributed by atoms with van der Waals surface area (Å²) in [6.45, 7) is 0.566. The van der Waals surface area contributed by atoms with E-state index in [0.29, 0.717) is 28.1 Å². The van der Waals surface area contributed by atoms with Gasteiger partial charge in [-0.2, -0.15) is 0 Å². The van der Waals surface area contributed by atoms with E-state index in [9.17, 15) is 4.79 Å². The summed E-state index contributed by atoms with van der Waals surface area (Å²) in [4.78, 5) is 21.5. The molecule has 166 valence electrons. The Balaban J connectivity index is 1.63. The Morgan fingerprint density at radius 1 is 1.10 bits per heavy atom. The van der Waals surface area contributed by atoms with Crippen LogP contribution < -0.4 is 10.1 Å². The van der Waals surface area contributed by atoms with E-state index < -0.39 is 0 Å². The molecule has 3 rings (SSSR count). The van der Waals surface area contributed by atoms with Gasteiger partial charge in [0.05, 0.1) is 29.0 Å². The second-order valence-corrected chi connectivity index (χ2v) is 9.14. The number of esters is 1. The highest BCUT2D eigenvalue weighted by Gasteiger charge is 2.12. The molecule has 0 unspecified atom stereocenters. The number of aromatic nitrogens is 2. The number of carbonyl (C=O) groups excluding carboxylic acids is 1. The third kappa shape index (κ3) is 6.69. The van der Waals surface area contributed by atoms with Crippen LogP contribution in [0, 0.1) is 0 Å². The van der Waals surface area contributed by atoms with Gasteiger partial charge in [0, 0.05) is 19.4 Å². The molecule has 1 aromatic carbocycles. The molecule has 0 saturated heterocycles. The van der Waals surface area contributed by atoms with Crippen molar-refractivity contribution in [2.45, 2.75) is 45.1 Å². The molecular formula is C22H25Cl2N3O3S. The van der Waals surface area contributed by atoms with Crippen LogP contribution in [0.25, 0.3) is 10.2 Å². The number of ether oxygens (including phenoxy) is 2. The van der Waals surface area contributed by atoms with E-state index in [2.05, 4.69) is 15.0 Å². The van der Waals surface area contributed by atoms with Gasteiger partial charge < -0.3 is 14.8 Å². The quantitative estimate of drug-likeness (QED) is 0.256. The average Bonchev–Trinajstić information content (AvgIpc) is 3.14. The Hall–Kier alpha value is -2.09. The minimum Gasteiger partial charge on any atom is -0.495 e. The molecule has 0 amide bonds. The van der Waals surface area contributed by atoms with Crippen molar-refractivity contribution < 1.29 is 14.3 Å². The fourth-order valence-electron chi connectivity index (χ4n) is 3.20. The third-order valence-corrected chi connectivity index (χ3v) is 6.30. The number of hydrogen-bond acceptors (Lipinski definition) is 7. The summed E-state index contributed by atoms with van der Waals surface area (Å²) < 4.78 is 10.6. The molecule has 0 fully saturated rings. The molecule has 0 aliphatic heterocycles. The molecule has 3 aromatic rings. The van der Waals surface area contributed by atoms with Crippen molar-refractivity contribution in [3.63, 3.8) is 0 Å². The molecule has 2 heterocycles. The highest BCUT2D eigenvalue weighted by Crippen LogP contribution is 2.33. The normalized spacial score (nSPS) is 11.0. The maximum absolute atomic E-state index is 11.2. The number of thiophene rings is 1. The predicted octanol–water partition coefficient (Wildman–Crippen LogP) is 6.28. The number of rotatable bonds is 11. The van der Waals surface area contributed by atoms with Gasteiger partial charge in [0.15, 0.2) is 0 Å². The van der Waals surface area contributed by atoms with Gasteiger partial charge in [0.1, 0.15) is 22.2 Å². The molecule has 2 aromatic heterocycles. The minimum absolute atomic E-state index is 0.155. The summed E-state index contributed by atoms with van der Waals surface area (Å²) in [5.74, 6) is 2.04. The number of fused-ring (bicyclic) bond motifs is 1. The zero-order valence-electron chi connectivity index (χ0n) is 17.5. The van der Waals surface area contributed by atoms with Gasteiger partial charge in [-0.05, 0) is 36.6 Å². The predicted molar refractivity (Wildman–Crippen MR) is 127 cm³/mol. The lowest BCUT2D eigenvalue weighted by molar-refractivity contribution is -0.140. The Labute approximate surface area is 195 Å². The van der Waals surface area contributed by atoms with Gasteiger partial charge in [-0.15, -0.1) is 11.3 Å². The van der Waals surface area contributed by atoms with Gasteiger partial charge in [-0.3, -0.25) is 4.79 Å². The highest BCUT2D eigenvalue weighted by atomic mass is 35.5. The van der Waals surface area contributed by atoms with Crippen molar-refractivity contribution in [1.82, 2.24) is 9.97 Å². The highest BCUT2D eigenvalue weighted by molar-refractivity contribution is 7.22. The molecular weight excluding hydrogens is 457 g/mol. The molecule has 0 spiro atoms. The van der Waals surface area contributed by atoms with Gasteiger partial charge in [0.25, 0.3) is 0 Å². The molecule has 9 heteroatoms. The van der Waals surface area contributed by atoms with Crippen molar-refractivity contribution in [3.8, 4) is 5.75 Å². The maximum Gasteiger partial charge on any atom is 0.305 e. The van der Waals surface area contributed by atoms with Crippen LogP contribution in [0.5, 0.6) is 5.75 Å². The van der Waals surface area contributed by atoms with E-state index in [0.717, 1.165) is 59.5 Å². The minimum atomic E-state index is -0.155. The molecule has 0 aliphatic rings. The summed E-state index contributed by atoms with van der Waals surface area (Å²) in [6.07, 6.45) is 5.02. The van der Waals surface area contributed by atoms with E-state index in [-0.39, 0.29) is 5.97 Å². The number of nitrogens with one attached hydrogen (secondary N) is 1. The van der Waals surface area contributed by atoms with Crippen LogP contribution in [0.4, 0.5) is 5.82 Å². The van der Waals surface area contributed by atoms with Crippen molar-refractivity contribution in [1.29, 1.82) is 0 Å². The summed E-state index contributed by atoms with van der Waals surface area (Å²) >= 11 is 13.9. The standard InChI is InChI=1S/C22H25Cl2N3O3S/c1-29-17-10-9-14(11-16(17)23)13-25-21-15-12-18(24)31-22(15)27-19(26-21)7-5-3-4-6-8-20(28)30-2/h9-12H,3-8,13H2,1-2H3,(H,25,26,27). The van der Waals surface area contributed by atoms with Gasteiger partial charge >= 0.3 is 5.97 Å². The average molecular weight is 482 g/mol. The molecule has 0 atom stereocenters. The molecule has 0 saturated carbocycles. The maximum atomic E-state index is 11.2. The van der Waals surface area contributed by atoms with Crippen LogP contribution >= 0.6 is 34.5 Å². The summed E-state index contributed by atoms with van der Waals surface area (Å²) in [7, 11) is 3.01. The van der Waals surface area contributed by atoms with Gasteiger partial charge in [-0.1, -0.05) is 42.1 Å². The van der Waals surface area contributed by atoms with E-state index in [4.69, 9.17) is 32.9 Å². The zero-order valence-corrected chi connectivity index (χ0v) is 19.9. The van der Waals surface area contributed by atoms with Crippen molar-refractivity contribution in [2.24, 2.45) is 0 Å². The summed E-state index contributed by atoms with van der Waals surface area (Å²) in [5.41, 5.74) is 1.02. The number of hydrogen-bond donors (Lipinski definition) is 1. The van der Waals surface area contributed by atoms with E-state index in [1.807, 2.05) is 24.3 Å². The van der Waals surface area contributed by atoms with Gasteiger partial charge in [0.2, 0.25) is 0 Å². The second kappa shape index (κ2) is 11.5. The number of aryl methyl sites for hydroxylation is 1. The number of nitrogens with zero attached hydrogens (tertiary/aromatic N) is 2. The largest absolute Gasteiger partial charge is 0.495 e. The van der Waals surface area contributed by atoms with Crippen LogP contribution in [-0.4, -0.2) is 30.2 Å². The van der Waals surface area contributed by atoms with Crippen molar-refractivity contribution in [2.75, 3.05) is 19.5 Å². The number of methoxy groups -OCH3 is 2. The molecule has 31 heavy (non-hydrogen) atoms. The fourth-order valence-corrected chi connectivity index (χ4v) is 4.58. The van der Waals surface area contributed by atoms with E-state index in [1.54, 1.807) is 7.11 Å². The summed E-state index contributed by atoms with van der Waals surface area (Å²) in [6, 6.07) is 7.58. The van der Waals surface area contributed by atoms with Crippen LogP contribution in [0.15, 0.2) is 24.3 Å². The Morgan fingerprint density at radius 2 is 1.90 bits per heavy atom. The van der Waals surface area contributed by atoms with Crippen LogP contribution in [0.3, 0.4) is 0 Å². The SMILES string of the molecule is COC(=O)CCCCCCc1nc(NCc2ccc(OC)c(Cl)c2)c2cc(Cl)sc2n1. The molecule has 0 aliphatic carbocycles. The van der Waals surface area contributed by atoms with Crippen LogP contribution in [0.2, 0.25) is 9.36 Å². The van der Waals surface area contributed by atoms with Crippen molar-refractivity contribution >= 4 is 56.5 Å². The molecule has 0 bridgehead atoms. The first-order chi connectivity index (χ1) is 15.0. The fraction of sp³-hybridized carbons (Fsp3) is 0.409. The second-order valence-electron chi connectivity index (χ2n) is 7.07. The lowest BCUT2D eigenvalue weighted by Crippen LogP contribution is -2.05. The Kier molecular flexibility index (Phi) is 8.75. The lowest BCUT2D eigenvalue weighted by Gasteiger charge is -2.10. The smallest absolute Gasteiger partial charge is 0.305 e. The Bertz CT molecular complexity index is 1040. The Morgan fingerprint density at radius 3 is 2.65 bits per heavy atom. The van der Waals surface area contributed by atoms with E-state index >= 15 is 0 Å². The van der Waals surface area contributed by atoms with Crippen LogP contribution in [0.1, 0.15) is 43.5 Å². The van der Waals surface area contributed by atoms with E-state index in [1.165, 1.54) is 18.4 Å².